The lowest BCUT2D eigenvalue weighted by Crippen LogP contribution is -2.27. The van der Waals surface area contributed by atoms with Crippen molar-refractivity contribution in [2.24, 2.45) is 0 Å². The van der Waals surface area contributed by atoms with E-state index in [9.17, 15) is 14.0 Å². The highest BCUT2D eigenvalue weighted by Gasteiger charge is 2.13. The van der Waals surface area contributed by atoms with E-state index in [4.69, 9.17) is 0 Å². The fraction of sp³-hybridized carbons (Fsp3) is 0.0526. The molecular formula is C19H14FN5O2. The van der Waals surface area contributed by atoms with E-state index in [1.807, 2.05) is 6.07 Å². The van der Waals surface area contributed by atoms with Crippen LogP contribution in [0, 0.1) is 5.82 Å². The zero-order valence-corrected chi connectivity index (χ0v) is 14.0. The Bertz CT molecular complexity index is 1170. The van der Waals surface area contributed by atoms with Gasteiger partial charge in [-0.1, -0.05) is 18.2 Å². The third-order valence-corrected chi connectivity index (χ3v) is 4.00. The molecule has 1 N–H and O–H groups in total. The van der Waals surface area contributed by atoms with Crippen molar-refractivity contribution in [3.05, 3.63) is 83.3 Å². The van der Waals surface area contributed by atoms with Crippen molar-refractivity contribution in [3.63, 3.8) is 0 Å². The number of nitrogens with one attached hydrogen (secondary N) is 1. The molecule has 0 saturated carbocycles. The molecule has 0 aliphatic carbocycles. The minimum Gasteiger partial charge on any atom is -0.325 e. The summed E-state index contributed by atoms with van der Waals surface area (Å²) in [6.07, 6.45) is 2.69. The standard InChI is InChI=1S/C19H14FN5O2/c20-13-6-8-15(9-7-13)25-18-16(10-22-25)19(27)24(12-21-18)11-17(26)23-14-4-2-1-3-5-14/h1-10,12H,11H2,(H,23,26). The maximum absolute atomic E-state index is 13.1. The second-order valence-corrected chi connectivity index (χ2v) is 5.86. The molecule has 0 bridgehead atoms. The molecule has 2 aromatic heterocycles. The number of aromatic nitrogens is 4. The predicted molar refractivity (Wildman–Crippen MR) is 98.2 cm³/mol. The third-order valence-electron chi connectivity index (χ3n) is 4.00. The number of nitrogens with zero attached hydrogens (tertiary/aromatic N) is 4. The summed E-state index contributed by atoms with van der Waals surface area (Å²) in [5.74, 6) is -0.703. The monoisotopic (exact) mass is 363 g/mol. The van der Waals surface area contributed by atoms with Gasteiger partial charge in [0.05, 0.1) is 11.9 Å². The molecule has 0 unspecified atom stereocenters. The van der Waals surface area contributed by atoms with E-state index in [2.05, 4.69) is 15.4 Å². The van der Waals surface area contributed by atoms with Crippen molar-refractivity contribution in [2.75, 3.05) is 5.32 Å². The molecule has 4 rings (SSSR count). The van der Waals surface area contributed by atoms with E-state index in [0.29, 0.717) is 17.0 Å². The first-order valence-electron chi connectivity index (χ1n) is 8.16. The number of carbonyl (C=O) groups is 1. The Morgan fingerprint density at radius 3 is 2.56 bits per heavy atom. The number of carbonyl (C=O) groups excluding carboxylic acids is 1. The van der Waals surface area contributed by atoms with Gasteiger partial charge in [0.2, 0.25) is 5.91 Å². The van der Waals surface area contributed by atoms with E-state index in [0.717, 1.165) is 0 Å². The van der Waals surface area contributed by atoms with Crippen LogP contribution in [0.4, 0.5) is 10.1 Å². The summed E-state index contributed by atoms with van der Waals surface area (Å²) in [6, 6.07) is 14.7. The van der Waals surface area contributed by atoms with Crippen molar-refractivity contribution >= 4 is 22.6 Å². The van der Waals surface area contributed by atoms with Crippen LogP contribution in [0.5, 0.6) is 0 Å². The first-order valence-corrected chi connectivity index (χ1v) is 8.16. The van der Waals surface area contributed by atoms with Crippen LogP contribution in [0.3, 0.4) is 0 Å². The van der Waals surface area contributed by atoms with E-state index in [-0.39, 0.29) is 29.2 Å². The molecule has 0 saturated heterocycles. The van der Waals surface area contributed by atoms with Crippen LogP contribution in [-0.2, 0) is 11.3 Å². The van der Waals surface area contributed by atoms with Gasteiger partial charge >= 0.3 is 0 Å². The lowest BCUT2D eigenvalue weighted by Gasteiger charge is -2.07. The van der Waals surface area contributed by atoms with Crippen molar-refractivity contribution in [1.29, 1.82) is 0 Å². The van der Waals surface area contributed by atoms with Gasteiger partial charge in [0.15, 0.2) is 5.65 Å². The number of fused-ring (bicyclic) bond motifs is 1. The highest BCUT2D eigenvalue weighted by atomic mass is 19.1. The van der Waals surface area contributed by atoms with Crippen LogP contribution in [-0.4, -0.2) is 25.2 Å². The number of halogens is 1. The molecule has 4 aromatic rings. The molecule has 7 nitrogen and oxygen atoms in total. The van der Waals surface area contributed by atoms with Crippen LogP contribution >= 0.6 is 0 Å². The number of rotatable bonds is 4. The maximum atomic E-state index is 13.1. The molecule has 1 amide bonds. The van der Waals surface area contributed by atoms with Crippen molar-refractivity contribution in [1.82, 2.24) is 19.3 Å². The minimum atomic E-state index is -0.378. The number of hydrogen-bond acceptors (Lipinski definition) is 4. The second-order valence-electron chi connectivity index (χ2n) is 5.86. The Morgan fingerprint density at radius 1 is 1.07 bits per heavy atom. The average Bonchev–Trinajstić information content (AvgIpc) is 3.10. The molecule has 2 heterocycles. The predicted octanol–water partition coefficient (Wildman–Crippen LogP) is 2.36. The zero-order chi connectivity index (χ0) is 18.8. The van der Waals surface area contributed by atoms with Gasteiger partial charge in [-0.3, -0.25) is 14.2 Å². The second kappa shape index (κ2) is 6.83. The highest BCUT2D eigenvalue weighted by molar-refractivity contribution is 5.90. The summed E-state index contributed by atoms with van der Waals surface area (Å²) in [5.41, 5.74) is 1.19. The summed E-state index contributed by atoms with van der Waals surface area (Å²) < 4.78 is 15.8. The molecule has 2 aromatic carbocycles. The summed E-state index contributed by atoms with van der Waals surface area (Å²) in [4.78, 5) is 29.1. The Kier molecular flexibility index (Phi) is 4.21. The molecule has 0 fully saturated rings. The van der Waals surface area contributed by atoms with Crippen LogP contribution < -0.4 is 10.9 Å². The van der Waals surface area contributed by atoms with Gasteiger partial charge in [0.1, 0.15) is 24.1 Å². The van der Waals surface area contributed by atoms with Gasteiger partial charge in [-0.25, -0.2) is 14.1 Å². The van der Waals surface area contributed by atoms with Crippen molar-refractivity contribution < 1.29 is 9.18 Å². The van der Waals surface area contributed by atoms with Crippen molar-refractivity contribution in [3.8, 4) is 5.69 Å². The number of anilines is 1. The first-order chi connectivity index (χ1) is 13.1. The molecule has 0 spiro atoms. The van der Waals surface area contributed by atoms with E-state index in [1.54, 1.807) is 36.4 Å². The van der Waals surface area contributed by atoms with Gasteiger partial charge in [0, 0.05) is 5.69 Å². The summed E-state index contributed by atoms with van der Waals surface area (Å²) in [7, 11) is 0. The molecule has 0 radical (unpaired) electrons. The average molecular weight is 363 g/mol. The van der Waals surface area contributed by atoms with Crippen LogP contribution in [0.25, 0.3) is 16.7 Å². The summed E-state index contributed by atoms with van der Waals surface area (Å²) in [6.45, 7) is -0.168. The molecule has 8 heteroatoms. The van der Waals surface area contributed by atoms with Crippen LogP contribution in [0.2, 0.25) is 0 Å². The number of amides is 1. The number of benzene rings is 2. The lowest BCUT2D eigenvalue weighted by molar-refractivity contribution is -0.116. The Balaban J connectivity index is 1.62. The van der Waals surface area contributed by atoms with E-state index < -0.39 is 0 Å². The van der Waals surface area contributed by atoms with Gasteiger partial charge in [-0.2, -0.15) is 5.10 Å². The Labute approximate surface area is 152 Å². The molecule has 27 heavy (non-hydrogen) atoms. The SMILES string of the molecule is O=C(Cn1cnc2c(cnn2-c2ccc(F)cc2)c1=O)Nc1ccccc1. The summed E-state index contributed by atoms with van der Waals surface area (Å²) in [5, 5.41) is 7.15. The molecular weight excluding hydrogens is 349 g/mol. The van der Waals surface area contributed by atoms with Gasteiger partial charge < -0.3 is 5.32 Å². The van der Waals surface area contributed by atoms with E-state index in [1.165, 1.54) is 33.9 Å². The van der Waals surface area contributed by atoms with Gasteiger partial charge in [-0.05, 0) is 36.4 Å². The smallest absolute Gasteiger partial charge is 0.264 e. The largest absolute Gasteiger partial charge is 0.325 e. The highest BCUT2D eigenvalue weighted by Crippen LogP contribution is 2.14. The maximum Gasteiger partial charge on any atom is 0.264 e. The molecule has 134 valence electrons. The molecule has 0 aliphatic heterocycles. The van der Waals surface area contributed by atoms with Crippen LogP contribution in [0.15, 0.2) is 71.9 Å². The Morgan fingerprint density at radius 2 is 1.81 bits per heavy atom. The molecule has 0 atom stereocenters. The third kappa shape index (κ3) is 3.32. The first kappa shape index (κ1) is 16.6. The minimum absolute atomic E-state index is 0.168. The zero-order valence-electron chi connectivity index (χ0n) is 14.0. The summed E-state index contributed by atoms with van der Waals surface area (Å²) >= 11 is 0. The van der Waals surface area contributed by atoms with Gasteiger partial charge in [0.25, 0.3) is 5.56 Å². The van der Waals surface area contributed by atoms with E-state index >= 15 is 0 Å². The van der Waals surface area contributed by atoms with Crippen LogP contribution in [0.1, 0.15) is 0 Å². The number of para-hydroxylation sites is 1. The fourth-order valence-corrected chi connectivity index (χ4v) is 2.71. The topological polar surface area (TPSA) is 81.8 Å². The quantitative estimate of drug-likeness (QED) is 0.603. The lowest BCUT2D eigenvalue weighted by atomic mass is 10.3. The van der Waals surface area contributed by atoms with Crippen molar-refractivity contribution in [2.45, 2.75) is 6.54 Å². The number of hydrogen-bond donors (Lipinski definition) is 1. The Hall–Kier alpha value is -3.81. The van der Waals surface area contributed by atoms with Gasteiger partial charge in [-0.15, -0.1) is 0 Å². The normalized spacial score (nSPS) is 10.9. The molecule has 0 aliphatic rings. The fourth-order valence-electron chi connectivity index (χ4n) is 2.71.